The number of carbonyl (C=O) groups excluding carboxylic acids is 1. The third kappa shape index (κ3) is 4.66. The summed E-state index contributed by atoms with van der Waals surface area (Å²) in [7, 11) is 0. The van der Waals surface area contributed by atoms with E-state index in [1.807, 2.05) is 0 Å². The highest BCUT2D eigenvalue weighted by Gasteiger charge is 2.17. The summed E-state index contributed by atoms with van der Waals surface area (Å²) >= 11 is 0. The van der Waals surface area contributed by atoms with Crippen LogP contribution in [0.25, 0.3) is 0 Å². The van der Waals surface area contributed by atoms with E-state index in [-0.39, 0.29) is 12.3 Å². The summed E-state index contributed by atoms with van der Waals surface area (Å²) in [6.45, 7) is 1.46. The van der Waals surface area contributed by atoms with E-state index in [0.29, 0.717) is 23.6 Å². The van der Waals surface area contributed by atoms with Gasteiger partial charge in [-0.1, -0.05) is 12.1 Å². The molecule has 0 aromatic heterocycles. The van der Waals surface area contributed by atoms with Crippen molar-refractivity contribution >= 4 is 17.6 Å². The first-order chi connectivity index (χ1) is 9.63. The lowest BCUT2D eigenvalue weighted by molar-refractivity contribution is -0.136. The van der Waals surface area contributed by atoms with Gasteiger partial charge < -0.3 is 15.2 Å². The number of rotatable bonds is 5. The average molecular weight is 277 g/mol. The Kier molecular flexibility index (Phi) is 5.12. The highest BCUT2D eigenvalue weighted by Crippen LogP contribution is 2.19. The van der Waals surface area contributed by atoms with Gasteiger partial charge in [-0.3, -0.25) is 9.59 Å². The van der Waals surface area contributed by atoms with Crippen LogP contribution in [0.1, 0.15) is 24.8 Å². The molecule has 1 aromatic rings. The van der Waals surface area contributed by atoms with E-state index in [2.05, 4.69) is 5.32 Å². The van der Waals surface area contributed by atoms with Crippen molar-refractivity contribution in [3.63, 3.8) is 0 Å². The highest BCUT2D eigenvalue weighted by atomic mass is 16.5. The molecule has 20 heavy (non-hydrogen) atoms. The van der Waals surface area contributed by atoms with Crippen molar-refractivity contribution < 1.29 is 19.4 Å². The van der Waals surface area contributed by atoms with Crippen LogP contribution in [0.3, 0.4) is 0 Å². The maximum Gasteiger partial charge on any atom is 0.307 e. The minimum Gasteiger partial charge on any atom is -0.481 e. The molecule has 1 heterocycles. The summed E-state index contributed by atoms with van der Waals surface area (Å²) in [5.74, 6) is -0.522. The van der Waals surface area contributed by atoms with E-state index in [1.165, 1.54) is 0 Å². The third-order valence-electron chi connectivity index (χ3n) is 3.38. The lowest BCUT2D eigenvalue weighted by atomic mass is 9.96. The zero-order valence-electron chi connectivity index (χ0n) is 11.3. The van der Waals surface area contributed by atoms with Crippen molar-refractivity contribution in [1.29, 1.82) is 0 Å². The fraction of sp³-hybridized carbons (Fsp3) is 0.467. The molecule has 5 heteroatoms. The summed E-state index contributed by atoms with van der Waals surface area (Å²) in [4.78, 5) is 22.6. The van der Waals surface area contributed by atoms with Crippen molar-refractivity contribution in [2.75, 3.05) is 18.5 Å². The first-order valence-electron chi connectivity index (χ1n) is 6.82. The molecule has 0 radical (unpaired) electrons. The van der Waals surface area contributed by atoms with Crippen LogP contribution in [0.5, 0.6) is 0 Å². The molecular weight excluding hydrogens is 258 g/mol. The molecule has 0 unspecified atom stereocenters. The predicted molar refractivity (Wildman–Crippen MR) is 74.6 cm³/mol. The Hall–Kier alpha value is -1.88. The van der Waals surface area contributed by atoms with Gasteiger partial charge in [-0.25, -0.2) is 0 Å². The monoisotopic (exact) mass is 277 g/mol. The molecule has 2 rings (SSSR count). The molecule has 5 nitrogen and oxygen atoms in total. The molecule has 0 bridgehead atoms. The van der Waals surface area contributed by atoms with Gasteiger partial charge in [-0.2, -0.15) is 0 Å². The highest BCUT2D eigenvalue weighted by molar-refractivity contribution is 5.91. The van der Waals surface area contributed by atoms with Gasteiger partial charge in [-0.05, 0) is 36.5 Å². The van der Waals surface area contributed by atoms with E-state index in [9.17, 15) is 9.59 Å². The molecule has 1 fully saturated rings. The number of aliphatic carboxylic acids is 1. The predicted octanol–water partition coefficient (Wildman–Crippen LogP) is 2.07. The molecule has 0 atom stereocenters. The Morgan fingerprint density at radius 2 is 2.05 bits per heavy atom. The normalized spacial score (nSPS) is 15.8. The number of amides is 1. The lowest BCUT2D eigenvalue weighted by Gasteiger charge is -2.21. The van der Waals surface area contributed by atoms with Crippen LogP contribution < -0.4 is 5.32 Å². The second kappa shape index (κ2) is 7.05. The van der Waals surface area contributed by atoms with Crippen LogP contribution in [0, 0.1) is 5.92 Å². The standard InChI is InChI=1S/C15H19NO4/c17-14(9-11-4-6-20-7-5-11)16-13-3-1-2-12(8-13)10-15(18)19/h1-3,8,11H,4-7,9-10H2,(H,16,17)(H,18,19). The Labute approximate surface area is 117 Å². The van der Waals surface area contributed by atoms with Crippen LogP contribution in [0.15, 0.2) is 24.3 Å². The Morgan fingerprint density at radius 3 is 2.75 bits per heavy atom. The maximum atomic E-state index is 11.9. The molecule has 1 aromatic carbocycles. The van der Waals surface area contributed by atoms with Crippen LogP contribution in [0.4, 0.5) is 5.69 Å². The summed E-state index contributed by atoms with van der Waals surface area (Å²) in [5.41, 5.74) is 1.34. The summed E-state index contributed by atoms with van der Waals surface area (Å²) in [5, 5.41) is 11.6. The second-order valence-electron chi connectivity index (χ2n) is 5.08. The zero-order valence-corrected chi connectivity index (χ0v) is 11.3. The van der Waals surface area contributed by atoms with Crippen LogP contribution >= 0.6 is 0 Å². The van der Waals surface area contributed by atoms with Gasteiger partial charge in [0.1, 0.15) is 0 Å². The minimum absolute atomic E-state index is 0.0237. The van der Waals surface area contributed by atoms with Gasteiger partial charge in [0.25, 0.3) is 0 Å². The van der Waals surface area contributed by atoms with Crippen LogP contribution in [0.2, 0.25) is 0 Å². The summed E-state index contributed by atoms with van der Waals surface area (Å²) < 4.78 is 5.26. The fourth-order valence-corrected chi connectivity index (χ4v) is 2.36. The number of hydrogen-bond donors (Lipinski definition) is 2. The Balaban J connectivity index is 1.88. The van der Waals surface area contributed by atoms with Gasteiger partial charge in [0.05, 0.1) is 6.42 Å². The number of carbonyl (C=O) groups is 2. The van der Waals surface area contributed by atoms with E-state index in [1.54, 1.807) is 24.3 Å². The van der Waals surface area contributed by atoms with E-state index >= 15 is 0 Å². The van der Waals surface area contributed by atoms with Crippen molar-refractivity contribution in [2.24, 2.45) is 5.92 Å². The number of carboxylic acids is 1. The Bertz CT molecular complexity index is 481. The molecule has 0 saturated carbocycles. The van der Waals surface area contributed by atoms with Crippen molar-refractivity contribution in [1.82, 2.24) is 0 Å². The topological polar surface area (TPSA) is 75.6 Å². The van der Waals surface area contributed by atoms with Gasteiger partial charge in [0, 0.05) is 25.3 Å². The SMILES string of the molecule is O=C(O)Cc1cccc(NC(=O)CC2CCOCC2)c1. The fourth-order valence-electron chi connectivity index (χ4n) is 2.36. The number of ether oxygens (including phenoxy) is 1. The zero-order chi connectivity index (χ0) is 14.4. The van der Waals surface area contributed by atoms with Gasteiger partial charge in [0.15, 0.2) is 0 Å². The van der Waals surface area contributed by atoms with Gasteiger partial charge in [0.2, 0.25) is 5.91 Å². The number of benzene rings is 1. The Morgan fingerprint density at radius 1 is 1.30 bits per heavy atom. The number of anilines is 1. The van der Waals surface area contributed by atoms with E-state index in [0.717, 1.165) is 26.1 Å². The van der Waals surface area contributed by atoms with Gasteiger partial charge >= 0.3 is 5.97 Å². The first kappa shape index (κ1) is 14.5. The molecule has 108 valence electrons. The van der Waals surface area contributed by atoms with Crippen LogP contribution in [-0.4, -0.2) is 30.2 Å². The van der Waals surface area contributed by atoms with E-state index < -0.39 is 5.97 Å². The number of hydrogen-bond acceptors (Lipinski definition) is 3. The van der Waals surface area contributed by atoms with Gasteiger partial charge in [-0.15, -0.1) is 0 Å². The average Bonchev–Trinajstić information content (AvgIpc) is 2.39. The number of carboxylic acid groups (broad SMARTS) is 1. The third-order valence-corrected chi connectivity index (χ3v) is 3.38. The molecule has 1 aliphatic heterocycles. The largest absolute Gasteiger partial charge is 0.481 e. The quantitative estimate of drug-likeness (QED) is 0.864. The second-order valence-corrected chi connectivity index (χ2v) is 5.08. The lowest BCUT2D eigenvalue weighted by Crippen LogP contribution is -2.22. The minimum atomic E-state index is -0.879. The molecular formula is C15H19NO4. The molecule has 0 spiro atoms. The van der Waals surface area contributed by atoms with Crippen molar-refractivity contribution in [3.05, 3.63) is 29.8 Å². The number of nitrogens with one attached hydrogen (secondary N) is 1. The summed E-state index contributed by atoms with van der Waals surface area (Å²) in [6.07, 6.45) is 2.30. The smallest absolute Gasteiger partial charge is 0.307 e. The summed E-state index contributed by atoms with van der Waals surface area (Å²) in [6, 6.07) is 6.97. The molecule has 1 amide bonds. The molecule has 1 saturated heterocycles. The van der Waals surface area contributed by atoms with E-state index in [4.69, 9.17) is 9.84 Å². The molecule has 2 N–H and O–H groups in total. The first-order valence-corrected chi connectivity index (χ1v) is 6.82. The van der Waals surface area contributed by atoms with Crippen molar-refractivity contribution in [3.8, 4) is 0 Å². The molecule has 0 aliphatic carbocycles. The van der Waals surface area contributed by atoms with Crippen LogP contribution in [-0.2, 0) is 20.7 Å². The maximum absolute atomic E-state index is 11.9. The van der Waals surface area contributed by atoms with Crippen molar-refractivity contribution in [2.45, 2.75) is 25.7 Å². The molecule has 1 aliphatic rings.